The van der Waals surface area contributed by atoms with Gasteiger partial charge in [-0.15, -0.1) is 11.3 Å². The van der Waals surface area contributed by atoms with Crippen LogP contribution in [0, 0.1) is 5.92 Å². The summed E-state index contributed by atoms with van der Waals surface area (Å²) in [5.74, 6) is 1.72. The molecule has 0 aromatic carbocycles. The minimum atomic E-state index is 0.213. The highest BCUT2D eigenvalue weighted by Crippen LogP contribution is 2.41. The van der Waals surface area contributed by atoms with Gasteiger partial charge in [-0.25, -0.2) is 4.98 Å². The molecule has 0 bridgehead atoms. The second-order valence-corrected chi connectivity index (χ2v) is 7.48. The van der Waals surface area contributed by atoms with Crippen LogP contribution in [0.2, 0.25) is 0 Å². The predicted molar refractivity (Wildman–Crippen MR) is 81.6 cm³/mol. The number of hydrogen-bond donors (Lipinski definition) is 1. The first-order valence-corrected chi connectivity index (χ1v) is 8.84. The van der Waals surface area contributed by atoms with E-state index in [2.05, 4.69) is 6.92 Å². The van der Waals surface area contributed by atoms with E-state index in [9.17, 15) is 0 Å². The third kappa shape index (κ3) is 2.87. The van der Waals surface area contributed by atoms with E-state index in [4.69, 9.17) is 10.7 Å². The van der Waals surface area contributed by atoms with E-state index < -0.39 is 0 Å². The molecule has 0 radical (unpaired) electrons. The Kier molecular flexibility index (Phi) is 4.23. The van der Waals surface area contributed by atoms with E-state index in [1.54, 1.807) is 0 Å². The Hall–Kier alpha value is -0.410. The molecular formula is C16H26N2S. The fourth-order valence-corrected chi connectivity index (χ4v) is 5.10. The van der Waals surface area contributed by atoms with Gasteiger partial charge in [0.25, 0.3) is 0 Å². The molecule has 0 aliphatic heterocycles. The molecule has 1 atom stereocenters. The molecule has 1 unspecified atom stereocenters. The number of aryl methyl sites for hydroxylation is 1. The fourth-order valence-electron chi connectivity index (χ4n) is 3.75. The van der Waals surface area contributed by atoms with Gasteiger partial charge in [-0.05, 0) is 50.9 Å². The Balaban J connectivity index is 1.67. The molecule has 1 fully saturated rings. The summed E-state index contributed by atoms with van der Waals surface area (Å²) >= 11 is 1.97. The van der Waals surface area contributed by atoms with Crippen LogP contribution in [0.1, 0.15) is 85.8 Å². The summed E-state index contributed by atoms with van der Waals surface area (Å²) in [6, 6.07) is 0.213. The summed E-state index contributed by atoms with van der Waals surface area (Å²) in [6.07, 6.45) is 11.9. The van der Waals surface area contributed by atoms with Crippen LogP contribution in [0.4, 0.5) is 0 Å². The zero-order chi connectivity index (χ0) is 13.2. The maximum absolute atomic E-state index is 6.19. The van der Waals surface area contributed by atoms with Crippen molar-refractivity contribution in [2.24, 2.45) is 11.7 Å². The highest BCUT2D eigenvalue weighted by atomic mass is 32.1. The number of aromatic nitrogens is 1. The molecule has 1 heterocycles. The van der Waals surface area contributed by atoms with Crippen LogP contribution in [0.15, 0.2) is 0 Å². The Labute approximate surface area is 120 Å². The quantitative estimate of drug-likeness (QED) is 0.880. The topological polar surface area (TPSA) is 38.9 Å². The van der Waals surface area contributed by atoms with Crippen molar-refractivity contribution in [2.45, 2.75) is 76.7 Å². The summed E-state index contributed by atoms with van der Waals surface area (Å²) in [5.41, 5.74) is 7.43. The highest BCUT2D eigenvalue weighted by Gasteiger charge is 2.27. The first kappa shape index (κ1) is 13.6. The fraction of sp³-hybridized carbons (Fsp3) is 0.812. The van der Waals surface area contributed by atoms with Gasteiger partial charge in [0.2, 0.25) is 0 Å². The van der Waals surface area contributed by atoms with Gasteiger partial charge < -0.3 is 5.73 Å². The van der Waals surface area contributed by atoms with E-state index >= 15 is 0 Å². The summed E-state index contributed by atoms with van der Waals surface area (Å²) < 4.78 is 0. The standard InChI is InChI=1S/C16H26N2S/c1-2-4-11-7-9-12(10-8-11)16-18-15-13(17)5-3-6-14(15)19-16/h11-13H,2-10,17H2,1H3. The number of rotatable bonds is 3. The smallest absolute Gasteiger partial charge is 0.0962 e. The molecule has 1 aromatic heterocycles. The van der Waals surface area contributed by atoms with Gasteiger partial charge in [-0.1, -0.05) is 19.8 Å². The molecule has 3 heteroatoms. The molecule has 2 nitrogen and oxygen atoms in total. The SMILES string of the molecule is CCCC1CCC(c2nc3c(s2)CCCC3N)CC1. The third-order valence-corrected chi connectivity index (χ3v) is 6.20. The van der Waals surface area contributed by atoms with Crippen molar-refractivity contribution in [3.8, 4) is 0 Å². The monoisotopic (exact) mass is 278 g/mol. The summed E-state index contributed by atoms with van der Waals surface area (Å²) in [7, 11) is 0. The zero-order valence-corrected chi connectivity index (χ0v) is 12.8. The minimum absolute atomic E-state index is 0.213. The van der Waals surface area contributed by atoms with Crippen molar-refractivity contribution in [3.63, 3.8) is 0 Å². The van der Waals surface area contributed by atoms with E-state index in [-0.39, 0.29) is 6.04 Å². The van der Waals surface area contributed by atoms with E-state index in [1.807, 2.05) is 11.3 Å². The normalized spacial score (nSPS) is 31.2. The Morgan fingerprint density at radius 1 is 1.21 bits per heavy atom. The van der Waals surface area contributed by atoms with Crippen molar-refractivity contribution in [1.82, 2.24) is 4.98 Å². The van der Waals surface area contributed by atoms with Crippen molar-refractivity contribution in [3.05, 3.63) is 15.6 Å². The lowest BCUT2D eigenvalue weighted by Gasteiger charge is -2.27. The van der Waals surface area contributed by atoms with Crippen LogP contribution in [-0.2, 0) is 6.42 Å². The lowest BCUT2D eigenvalue weighted by atomic mass is 9.80. The highest BCUT2D eigenvalue weighted by molar-refractivity contribution is 7.11. The maximum Gasteiger partial charge on any atom is 0.0962 e. The lowest BCUT2D eigenvalue weighted by Crippen LogP contribution is -2.17. The summed E-state index contributed by atoms with van der Waals surface area (Å²) in [6.45, 7) is 2.31. The molecule has 2 aliphatic carbocycles. The summed E-state index contributed by atoms with van der Waals surface area (Å²) in [4.78, 5) is 6.41. The molecule has 2 aliphatic rings. The second kappa shape index (κ2) is 5.92. The molecule has 3 rings (SSSR count). The number of hydrogen-bond acceptors (Lipinski definition) is 3. The molecule has 2 N–H and O–H groups in total. The molecule has 1 saturated carbocycles. The maximum atomic E-state index is 6.19. The first-order valence-electron chi connectivity index (χ1n) is 8.03. The molecule has 0 spiro atoms. The Morgan fingerprint density at radius 3 is 2.68 bits per heavy atom. The van der Waals surface area contributed by atoms with Crippen molar-refractivity contribution < 1.29 is 0 Å². The van der Waals surface area contributed by atoms with Gasteiger partial charge in [0.05, 0.1) is 10.7 Å². The molecule has 0 saturated heterocycles. The van der Waals surface area contributed by atoms with Gasteiger partial charge in [-0.3, -0.25) is 0 Å². The van der Waals surface area contributed by atoms with Gasteiger partial charge in [0.1, 0.15) is 0 Å². The summed E-state index contributed by atoms with van der Waals surface area (Å²) in [5, 5.41) is 1.40. The van der Waals surface area contributed by atoms with Crippen LogP contribution in [0.3, 0.4) is 0 Å². The Morgan fingerprint density at radius 2 is 2.00 bits per heavy atom. The number of nitrogens with zero attached hydrogens (tertiary/aromatic N) is 1. The van der Waals surface area contributed by atoms with Crippen LogP contribution in [-0.4, -0.2) is 4.98 Å². The van der Waals surface area contributed by atoms with E-state index in [1.165, 1.54) is 66.9 Å². The average Bonchev–Trinajstić information content (AvgIpc) is 2.85. The predicted octanol–water partition coefficient (Wildman–Crippen LogP) is 4.55. The van der Waals surface area contributed by atoms with Gasteiger partial charge in [0, 0.05) is 16.8 Å². The lowest BCUT2D eigenvalue weighted by molar-refractivity contribution is 0.307. The van der Waals surface area contributed by atoms with Crippen LogP contribution >= 0.6 is 11.3 Å². The van der Waals surface area contributed by atoms with Crippen molar-refractivity contribution in [1.29, 1.82) is 0 Å². The number of nitrogens with two attached hydrogens (primary N) is 1. The van der Waals surface area contributed by atoms with E-state index in [0.717, 1.165) is 18.3 Å². The molecular weight excluding hydrogens is 252 g/mol. The van der Waals surface area contributed by atoms with Gasteiger partial charge in [0.15, 0.2) is 0 Å². The average molecular weight is 278 g/mol. The molecule has 1 aromatic rings. The van der Waals surface area contributed by atoms with Gasteiger partial charge in [-0.2, -0.15) is 0 Å². The van der Waals surface area contributed by atoms with Gasteiger partial charge >= 0.3 is 0 Å². The number of fused-ring (bicyclic) bond motifs is 1. The zero-order valence-electron chi connectivity index (χ0n) is 12.0. The molecule has 106 valence electrons. The van der Waals surface area contributed by atoms with E-state index in [0.29, 0.717) is 0 Å². The third-order valence-electron chi connectivity index (χ3n) is 4.91. The molecule has 19 heavy (non-hydrogen) atoms. The van der Waals surface area contributed by atoms with Crippen molar-refractivity contribution >= 4 is 11.3 Å². The van der Waals surface area contributed by atoms with Crippen LogP contribution in [0.5, 0.6) is 0 Å². The van der Waals surface area contributed by atoms with Crippen molar-refractivity contribution in [2.75, 3.05) is 0 Å². The first-order chi connectivity index (χ1) is 9.28. The van der Waals surface area contributed by atoms with Crippen LogP contribution < -0.4 is 5.73 Å². The number of thiazole rings is 1. The second-order valence-electron chi connectivity index (χ2n) is 6.37. The largest absolute Gasteiger partial charge is 0.323 e. The molecule has 0 amide bonds. The Bertz CT molecular complexity index is 418. The van der Waals surface area contributed by atoms with Crippen LogP contribution in [0.25, 0.3) is 0 Å². The minimum Gasteiger partial charge on any atom is -0.323 e.